The first-order valence-corrected chi connectivity index (χ1v) is 12.6. The van der Waals surface area contributed by atoms with Gasteiger partial charge in [0.1, 0.15) is 12.4 Å². The minimum absolute atomic E-state index is 0.151. The van der Waals surface area contributed by atoms with E-state index in [4.69, 9.17) is 13.7 Å². The van der Waals surface area contributed by atoms with Crippen molar-refractivity contribution in [3.05, 3.63) is 112 Å². The molecule has 4 aromatic rings. The predicted molar refractivity (Wildman–Crippen MR) is 140 cm³/mol. The van der Waals surface area contributed by atoms with E-state index in [1.165, 1.54) is 17.9 Å². The van der Waals surface area contributed by atoms with Gasteiger partial charge in [-0.1, -0.05) is 42.0 Å². The van der Waals surface area contributed by atoms with Crippen molar-refractivity contribution < 1.29 is 22.7 Å². The molecule has 0 aliphatic rings. The number of hydrogen-bond donors (Lipinski definition) is 0. The van der Waals surface area contributed by atoms with E-state index in [2.05, 4.69) is 5.10 Å². The van der Waals surface area contributed by atoms with Crippen LogP contribution in [0.15, 0.2) is 94.6 Å². The maximum absolute atomic E-state index is 12.4. The molecule has 8 nitrogen and oxygen atoms in total. The summed E-state index contributed by atoms with van der Waals surface area (Å²) in [5, 5.41) is 4.50. The van der Waals surface area contributed by atoms with Gasteiger partial charge < -0.3 is 9.47 Å². The normalized spacial score (nSPS) is 11.6. The summed E-state index contributed by atoms with van der Waals surface area (Å²) in [5.74, 6) is 0.145. The smallest absolute Gasteiger partial charge is 0.337 e. The molecule has 0 fully saturated rings. The Hall–Kier alpha value is -4.08. The lowest BCUT2D eigenvalue weighted by Crippen LogP contribution is -2.23. The Morgan fingerprint density at radius 3 is 2.51 bits per heavy atom. The SMILES string of the molecule is COC(=O)c1cccc(Cn2nc(-c3cccc(OCCOS(=O)c4ccc(C)cc4)c3)ccc2=O)c1. The number of ether oxygens (including phenoxy) is 2. The Balaban J connectivity index is 1.40. The summed E-state index contributed by atoms with van der Waals surface area (Å²) in [4.78, 5) is 24.9. The minimum atomic E-state index is -1.56. The lowest BCUT2D eigenvalue weighted by molar-refractivity contribution is 0.0600. The number of aromatic nitrogens is 2. The summed E-state index contributed by atoms with van der Waals surface area (Å²) < 4.78 is 29.5. The first kappa shape index (κ1) is 26.0. The van der Waals surface area contributed by atoms with Crippen molar-refractivity contribution in [2.75, 3.05) is 20.3 Å². The number of hydrogen-bond acceptors (Lipinski definition) is 7. The van der Waals surface area contributed by atoms with E-state index >= 15 is 0 Å². The molecule has 0 radical (unpaired) electrons. The second-order valence-electron chi connectivity index (χ2n) is 8.15. The monoisotopic (exact) mass is 518 g/mol. The number of carbonyl (C=O) groups excluding carboxylic acids is 1. The van der Waals surface area contributed by atoms with Gasteiger partial charge in [-0.25, -0.2) is 13.7 Å². The number of methoxy groups -OCH3 is 1. The average molecular weight is 519 g/mol. The molecule has 0 N–H and O–H groups in total. The van der Waals surface area contributed by atoms with Crippen molar-refractivity contribution in [2.24, 2.45) is 0 Å². The maximum Gasteiger partial charge on any atom is 0.337 e. The van der Waals surface area contributed by atoms with E-state index in [1.54, 1.807) is 42.5 Å². The molecule has 190 valence electrons. The summed E-state index contributed by atoms with van der Waals surface area (Å²) >= 11 is -1.56. The zero-order valence-electron chi connectivity index (χ0n) is 20.5. The van der Waals surface area contributed by atoms with Gasteiger partial charge in [0, 0.05) is 11.6 Å². The molecule has 4 rings (SSSR count). The van der Waals surface area contributed by atoms with Crippen LogP contribution < -0.4 is 10.3 Å². The Bertz CT molecular complexity index is 1470. The summed E-state index contributed by atoms with van der Waals surface area (Å²) in [7, 11) is 1.32. The fraction of sp³-hybridized carbons (Fsp3) is 0.179. The summed E-state index contributed by atoms with van der Waals surface area (Å²) in [6.45, 7) is 2.52. The highest BCUT2D eigenvalue weighted by atomic mass is 32.2. The van der Waals surface area contributed by atoms with Crippen LogP contribution >= 0.6 is 0 Å². The van der Waals surface area contributed by atoms with Gasteiger partial charge in [0.25, 0.3) is 5.56 Å². The van der Waals surface area contributed by atoms with E-state index in [0.717, 1.165) is 16.7 Å². The highest BCUT2D eigenvalue weighted by Gasteiger charge is 2.09. The van der Waals surface area contributed by atoms with Gasteiger partial charge in [0.2, 0.25) is 0 Å². The number of rotatable bonds is 10. The second kappa shape index (κ2) is 12.2. The van der Waals surface area contributed by atoms with Crippen molar-refractivity contribution in [3.8, 4) is 17.0 Å². The Kier molecular flexibility index (Phi) is 8.60. The van der Waals surface area contributed by atoms with E-state index in [9.17, 15) is 13.8 Å². The van der Waals surface area contributed by atoms with Crippen LogP contribution in [0.4, 0.5) is 0 Å². The summed E-state index contributed by atoms with van der Waals surface area (Å²) in [6.07, 6.45) is 0. The number of benzene rings is 3. The average Bonchev–Trinajstić information content (AvgIpc) is 2.92. The zero-order chi connectivity index (χ0) is 26.2. The van der Waals surface area contributed by atoms with Gasteiger partial charge in [-0.05, 0) is 55.0 Å². The standard InChI is InChI=1S/C28H26N2O6S/c1-20-9-11-25(12-10-20)37(33)36-16-15-35-24-8-4-6-22(18-24)26-13-14-27(31)30(29-26)19-21-5-3-7-23(17-21)28(32)34-2/h3-14,17-18H,15-16,19H2,1-2H3. The largest absolute Gasteiger partial charge is 0.491 e. The molecule has 1 atom stereocenters. The van der Waals surface area contributed by atoms with Crippen LogP contribution in [-0.2, 0) is 26.5 Å². The van der Waals surface area contributed by atoms with Crippen molar-refractivity contribution in [1.29, 1.82) is 0 Å². The Labute approximate surface area is 217 Å². The topological polar surface area (TPSA) is 96.7 Å². The number of aryl methyl sites for hydroxylation is 1. The van der Waals surface area contributed by atoms with Crippen LogP contribution in [0, 0.1) is 6.92 Å². The molecule has 0 spiro atoms. The van der Waals surface area contributed by atoms with Crippen molar-refractivity contribution >= 4 is 17.0 Å². The third-order valence-corrected chi connectivity index (χ3v) is 6.47. The number of nitrogens with zero attached hydrogens (tertiary/aromatic N) is 2. The van der Waals surface area contributed by atoms with E-state index in [1.807, 2.05) is 43.3 Å². The predicted octanol–water partition coefficient (Wildman–Crippen LogP) is 4.17. The molecule has 0 saturated carbocycles. The van der Waals surface area contributed by atoms with Crippen LogP contribution in [0.25, 0.3) is 11.3 Å². The number of carbonyl (C=O) groups is 1. The minimum Gasteiger partial charge on any atom is -0.491 e. The van der Waals surface area contributed by atoms with Gasteiger partial charge in [0.15, 0.2) is 11.1 Å². The van der Waals surface area contributed by atoms with Gasteiger partial charge >= 0.3 is 5.97 Å². The third kappa shape index (κ3) is 6.99. The molecular weight excluding hydrogens is 492 g/mol. The Morgan fingerprint density at radius 2 is 1.73 bits per heavy atom. The van der Waals surface area contributed by atoms with Crippen LogP contribution in [-0.4, -0.2) is 40.3 Å². The molecule has 0 aliphatic heterocycles. The van der Waals surface area contributed by atoms with Gasteiger partial charge in [-0.2, -0.15) is 5.10 Å². The van der Waals surface area contributed by atoms with Crippen LogP contribution in [0.2, 0.25) is 0 Å². The molecule has 3 aromatic carbocycles. The van der Waals surface area contributed by atoms with Crippen LogP contribution in [0.3, 0.4) is 0 Å². The molecule has 1 unspecified atom stereocenters. The second-order valence-corrected chi connectivity index (χ2v) is 9.33. The lowest BCUT2D eigenvalue weighted by atomic mass is 10.1. The first-order chi connectivity index (χ1) is 17.9. The highest BCUT2D eigenvalue weighted by Crippen LogP contribution is 2.22. The maximum atomic E-state index is 12.4. The highest BCUT2D eigenvalue weighted by molar-refractivity contribution is 7.80. The van der Waals surface area contributed by atoms with Crippen molar-refractivity contribution in [3.63, 3.8) is 0 Å². The molecule has 0 aliphatic carbocycles. The molecule has 1 aromatic heterocycles. The van der Waals surface area contributed by atoms with E-state index in [-0.39, 0.29) is 25.3 Å². The third-order valence-electron chi connectivity index (χ3n) is 5.43. The van der Waals surface area contributed by atoms with E-state index < -0.39 is 17.0 Å². The molecule has 1 heterocycles. The van der Waals surface area contributed by atoms with Gasteiger partial charge in [0.05, 0.1) is 36.4 Å². The zero-order valence-corrected chi connectivity index (χ0v) is 21.3. The molecule has 0 saturated heterocycles. The molecule has 9 heteroatoms. The first-order valence-electron chi connectivity index (χ1n) is 11.5. The fourth-order valence-corrected chi connectivity index (χ4v) is 4.25. The van der Waals surface area contributed by atoms with Crippen molar-refractivity contribution in [1.82, 2.24) is 9.78 Å². The summed E-state index contributed by atoms with van der Waals surface area (Å²) in [6, 6.07) is 24.6. The fourth-order valence-electron chi connectivity index (χ4n) is 3.54. The van der Waals surface area contributed by atoms with E-state index in [0.29, 0.717) is 21.9 Å². The molecule has 37 heavy (non-hydrogen) atoms. The molecule has 0 amide bonds. The number of esters is 1. The lowest BCUT2D eigenvalue weighted by Gasteiger charge is -2.10. The van der Waals surface area contributed by atoms with Crippen LogP contribution in [0.5, 0.6) is 5.75 Å². The Morgan fingerprint density at radius 1 is 0.946 bits per heavy atom. The van der Waals surface area contributed by atoms with Crippen molar-refractivity contribution in [2.45, 2.75) is 18.4 Å². The molecule has 0 bridgehead atoms. The quantitative estimate of drug-likeness (QED) is 0.230. The van der Waals surface area contributed by atoms with Gasteiger partial charge in [-0.15, -0.1) is 0 Å². The summed E-state index contributed by atoms with van der Waals surface area (Å²) in [5.41, 5.74) is 3.32. The van der Waals surface area contributed by atoms with Gasteiger partial charge in [-0.3, -0.25) is 8.98 Å². The molecular formula is C28H26N2O6S. The van der Waals surface area contributed by atoms with Crippen LogP contribution in [0.1, 0.15) is 21.5 Å².